The van der Waals surface area contributed by atoms with Crippen LogP contribution in [0.2, 0.25) is 10.0 Å². The molecular formula is C14H16Cl2N4O3. The van der Waals surface area contributed by atoms with Gasteiger partial charge in [-0.3, -0.25) is 4.79 Å². The van der Waals surface area contributed by atoms with E-state index in [-0.39, 0.29) is 31.1 Å². The fraction of sp³-hybridized carbons (Fsp3) is 0.357. The Morgan fingerprint density at radius 3 is 2.78 bits per heavy atom. The standard InChI is InChI=1S/C14H16Cl2N4O3/c15-10-1-2-11(12(16)5-10)14(23,6-13(22)18-3-4-21)7-20-9-17-8-19-20/h1-2,5,8-9,21,23H,3-4,6-7H2,(H,18,22). The van der Waals surface area contributed by atoms with E-state index in [1.54, 1.807) is 12.1 Å². The van der Waals surface area contributed by atoms with Crippen LogP contribution < -0.4 is 5.32 Å². The van der Waals surface area contributed by atoms with Crippen molar-refractivity contribution in [3.05, 3.63) is 46.5 Å². The van der Waals surface area contributed by atoms with Crippen molar-refractivity contribution in [3.63, 3.8) is 0 Å². The number of aliphatic hydroxyl groups is 2. The summed E-state index contributed by atoms with van der Waals surface area (Å²) < 4.78 is 1.41. The number of hydrogen-bond donors (Lipinski definition) is 3. The largest absolute Gasteiger partial charge is 0.395 e. The molecule has 0 bridgehead atoms. The first-order valence-electron chi connectivity index (χ1n) is 6.82. The summed E-state index contributed by atoms with van der Waals surface area (Å²) in [6.45, 7) is -0.0948. The molecule has 23 heavy (non-hydrogen) atoms. The molecular weight excluding hydrogens is 343 g/mol. The highest BCUT2D eigenvalue weighted by Crippen LogP contribution is 2.34. The monoisotopic (exact) mass is 358 g/mol. The molecule has 1 heterocycles. The van der Waals surface area contributed by atoms with E-state index >= 15 is 0 Å². The number of aliphatic hydroxyl groups excluding tert-OH is 1. The second-order valence-electron chi connectivity index (χ2n) is 5.00. The maximum Gasteiger partial charge on any atom is 0.223 e. The van der Waals surface area contributed by atoms with E-state index in [0.717, 1.165) is 0 Å². The Labute approximate surface area is 142 Å². The van der Waals surface area contributed by atoms with Crippen molar-refractivity contribution >= 4 is 29.1 Å². The van der Waals surface area contributed by atoms with Crippen molar-refractivity contribution in [3.8, 4) is 0 Å². The highest BCUT2D eigenvalue weighted by molar-refractivity contribution is 6.35. The van der Waals surface area contributed by atoms with E-state index in [2.05, 4.69) is 15.4 Å². The molecule has 0 saturated heterocycles. The maximum atomic E-state index is 12.0. The minimum absolute atomic E-state index is 0.0130. The zero-order valence-electron chi connectivity index (χ0n) is 12.1. The summed E-state index contributed by atoms with van der Waals surface area (Å²) >= 11 is 12.1. The molecule has 0 aliphatic heterocycles. The van der Waals surface area contributed by atoms with Gasteiger partial charge in [-0.2, -0.15) is 5.10 Å². The third kappa shape index (κ3) is 4.65. The van der Waals surface area contributed by atoms with Crippen LogP contribution in [0.25, 0.3) is 0 Å². The van der Waals surface area contributed by atoms with Gasteiger partial charge in [0.15, 0.2) is 0 Å². The molecule has 1 aromatic carbocycles. The average molecular weight is 359 g/mol. The maximum absolute atomic E-state index is 12.0. The van der Waals surface area contributed by atoms with Gasteiger partial charge in [-0.25, -0.2) is 9.67 Å². The molecule has 2 aromatic rings. The second-order valence-corrected chi connectivity index (χ2v) is 5.84. The van der Waals surface area contributed by atoms with Gasteiger partial charge in [-0.05, 0) is 12.1 Å². The van der Waals surface area contributed by atoms with Crippen LogP contribution in [-0.2, 0) is 16.9 Å². The summed E-state index contributed by atoms with van der Waals surface area (Å²) in [5.41, 5.74) is -1.24. The van der Waals surface area contributed by atoms with Crippen LogP contribution in [0.4, 0.5) is 0 Å². The molecule has 7 nitrogen and oxygen atoms in total. The Morgan fingerprint density at radius 2 is 2.17 bits per heavy atom. The molecule has 9 heteroatoms. The molecule has 0 spiro atoms. The number of nitrogens with one attached hydrogen (secondary N) is 1. The smallest absolute Gasteiger partial charge is 0.223 e. The van der Waals surface area contributed by atoms with E-state index in [1.807, 2.05) is 0 Å². The first-order chi connectivity index (χ1) is 10.9. The fourth-order valence-electron chi connectivity index (χ4n) is 2.21. The van der Waals surface area contributed by atoms with E-state index in [9.17, 15) is 9.90 Å². The van der Waals surface area contributed by atoms with Gasteiger partial charge in [-0.15, -0.1) is 0 Å². The third-order valence-electron chi connectivity index (χ3n) is 3.21. The van der Waals surface area contributed by atoms with Gasteiger partial charge in [0.2, 0.25) is 5.91 Å². The van der Waals surface area contributed by atoms with Crippen LogP contribution in [0.5, 0.6) is 0 Å². The van der Waals surface area contributed by atoms with Crippen LogP contribution in [0.3, 0.4) is 0 Å². The molecule has 1 aromatic heterocycles. The molecule has 0 aliphatic carbocycles. The SMILES string of the molecule is O=C(CC(O)(Cn1cncn1)c1ccc(Cl)cc1Cl)NCCO. The normalized spacial score (nSPS) is 13.6. The Hall–Kier alpha value is -1.67. The molecule has 1 amide bonds. The quantitative estimate of drug-likeness (QED) is 0.684. The van der Waals surface area contributed by atoms with Crippen molar-refractivity contribution in [1.29, 1.82) is 0 Å². The third-order valence-corrected chi connectivity index (χ3v) is 3.76. The second kappa shape index (κ2) is 7.74. The summed E-state index contributed by atoms with van der Waals surface area (Å²) in [6, 6.07) is 4.65. The van der Waals surface area contributed by atoms with Gasteiger partial charge in [0.1, 0.15) is 18.3 Å². The summed E-state index contributed by atoms with van der Waals surface area (Å²) in [5, 5.41) is 27.0. The topological polar surface area (TPSA) is 100 Å². The zero-order chi connectivity index (χ0) is 16.9. The first kappa shape index (κ1) is 17.7. The minimum atomic E-state index is -1.60. The molecule has 0 fully saturated rings. The molecule has 1 unspecified atom stereocenters. The van der Waals surface area contributed by atoms with Crippen molar-refractivity contribution in [1.82, 2.24) is 20.1 Å². The van der Waals surface area contributed by atoms with Crippen LogP contribution >= 0.6 is 23.2 Å². The van der Waals surface area contributed by atoms with Gasteiger partial charge in [0.25, 0.3) is 0 Å². The molecule has 2 rings (SSSR count). The van der Waals surface area contributed by atoms with Gasteiger partial charge < -0.3 is 15.5 Å². The highest BCUT2D eigenvalue weighted by atomic mass is 35.5. The first-order valence-corrected chi connectivity index (χ1v) is 7.58. The van der Waals surface area contributed by atoms with E-state index < -0.39 is 11.5 Å². The van der Waals surface area contributed by atoms with E-state index in [0.29, 0.717) is 10.6 Å². The molecule has 3 N–H and O–H groups in total. The van der Waals surface area contributed by atoms with E-state index in [1.165, 1.54) is 23.4 Å². The number of nitrogens with zero attached hydrogens (tertiary/aromatic N) is 3. The van der Waals surface area contributed by atoms with Gasteiger partial charge in [0, 0.05) is 22.2 Å². The summed E-state index contributed by atoms with van der Waals surface area (Å²) in [7, 11) is 0. The number of aromatic nitrogens is 3. The summed E-state index contributed by atoms with van der Waals surface area (Å²) in [4.78, 5) is 15.8. The fourth-order valence-corrected chi connectivity index (χ4v) is 2.79. The van der Waals surface area contributed by atoms with Gasteiger partial charge in [0.05, 0.1) is 19.6 Å². The van der Waals surface area contributed by atoms with Crippen LogP contribution in [0.15, 0.2) is 30.9 Å². The lowest BCUT2D eigenvalue weighted by molar-refractivity contribution is -0.127. The Kier molecular flexibility index (Phi) is 5.95. The number of carbonyl (C=O) groups excluding carboxylic acids is 1. The lowest BCUT2D eigenvalue weighted by atomic mass is 9.89. The molecule has 0 radical (unpaired) electrons. The predicted octanol–water partition coefficient (Wildman–Crippen LogP) is 0.971. The van der Waals surface area contributed by atoms with Crippen LogP contribution in [-0.4, -0.2) is 44.0 Å². The summed E-state index contributed by atoms with van der Waals surface area (Å²) in [5.74, 6) is -0.423. The molecule has 0 aliphatic rings. The number of carbonyl (C=O) groups is 1. The van der Waals surface area contributed by atoms with Crippen molar-refractivity contribution in [2.24, 2.45) is 0 Å². The summed E-state index contributed by atoms with van der Waals surface area (Å²) in [6.07, 6.45) is 2.50. The molecule has 1 atom stereocenters. The number of amides is 1. The Balaban J connectivity index is 2.31. The van der Waals surface area contributed by atoms with Gasteiger partial charge in [-0.1, -0.05) is 29.3 Å². The lowest BCUT2D eigenvalue weighted by Crippen LogP contribution is -2.39. The Bertz CT molecular complexity index is 666. The van der Waals surface area contributed by atoms with Gasteiger partial charge >= 0.3 is 0 Å². The van der Waals surface area contributed by atoms with Crippen molar-refractivity contribution in [2.45, 2.75) is 18.6 Å². The number of halogens is 2. The number of benzene rings is 1. The molecule has 0 saturated carbocycles. The predicted molar refractivity (Wildman–Crippen MR) is 85.1 cm³/mol. The van der Waals surface area contributed by atoms with Crippen molar-refractivity contribution < 1.29 is 15.0 Å². The minimum Gasteiger partial charge on any atom is -0.395 e. The number of rotatable bonds is 7. The van der Waals surface area contributed by atoms with Crippen LogP contribution in [0.1, 0.15) is 12.0 Å². The Morgan fingerprint density at radius 1 is 1.39 bits per heavy atom. The van der Waals surface area contributed by atoms with Crippen molar-refractivity contribution in [2.75, 3.05) is 13.2 Å². The average Bonchev–Trinajstić information content (AvgIpc) is 2.97. The zero-order valence-corrected chi connectivity index (χ0v) is 13.6. The van der Waals surface area contributed by atoms with Crippen LogP contribution in [0, 0.1) is 0 Å². The highest BCUT2D eigenvalue weighted by Gasteiger charge is 2.35. The lowest BCUT2D eigenvalue weighted by Gasteiger charge is -2.29. The molecule has 124 valence electrons. The van der Waals surface area contributed by atoms with E-state index in [4.69, 9.17) is 28.3 Å². The number of hydrogen-bond acceptors (Lipinski definition) is 5.